The summed E-state index contributed by atoms with van der Waals surface area (Å²) >= 11 is 17.1. The van der Waals surface area contributed by atoms with E-state index in [-0.39, 0.29) is 47.6 Å². The topological polar surface area (TPSA) is 86.7 Å². The molecule has 6 nitrogen and oxygen atoms in total. The van der Waals surface area contributed by atoms with Gasteiger partial charge < -0.3 is 9.47 Å². The molecular weight excluding hydrogens is 479 g/mol. The molecule has 4 rings (SSSR count). The lowest BCUT2D eigenvalue weighted by atomic mass is 9.46. The van der Waals surface area contributed by atoms with Gasteiger partial charge in [-0.25, -0.2) is 9.59 Å². The smallest absolute Gasteiger partial charge is 0.352 e. The average Bonchev–Trinajstić information content (AvgIpc) is 3.01. The number of carbonyl (C=O) groups excluding carboxylic acids is 4. The van der Waals surface area contributed by atoms with Crippen LogP contribution in [0.1, 0.15) is 58.8 Å². The van der Waals surface area contributed by atoms with Gasteiger partial charge in [-0.05, 0) is 55.4 Å². The molecule has 9 heteroatoms. The van der Waals surface area contributed by atoms with Gasteiger partial charge >= 0.3 is 11.9 Å². The number of rotatable bonds is 4. The zero-order valence-electron chi connectivity index (χ0n) is 18.1. The Morgan fingerprint density at radius 1 is 1.16 bits per heavy atom. The number of fused-ring (bicyclic) bond motifs is 5. The Hall–Kier alpha value is -1.11. The van der Waals surface area contributed by atoms with Crippen molar-refractivity contribution in [1.82, 2.24) is 0 Å². The lowest BCUT2D eigenvalue weighted by Gasteiger charge is -2.57. The van der Waals surface area contributed by atoms with Crippen LogP contribution in [0.2, 0.25) is 0 Å². The second-order valence-corrected chi connectivity index (χ2v) is 11.3. The number of carbonyl (C=O) groups is 4. The van der Waals surface area contributed by atoms with Crippen LogP contribution in [0.4, 0.5) is 0 Å². The fraction of sp³-hybridized carbons (Fsp3) is 0.739. The highest BCUT2D eigenvalue weighted by Crippen LogP contribution is 2.67. The van der Waals surface area contributed by atoms with Gasteiger partial charge in [0.2, 0.25) is 10.4 Å². The van der Waals surface area contributed by atoms with Crippen molar-refractivity contribution >= 4 is 58.3 Å². The van der Waals surface area contributed by atoms with Crippen molar-refractivity contribution in [2.75, 3.05) is 6.07 Å². The number of hydrogen-bond acceptors (Lipinski definition) is 6. The molecule has 3 saturated carbocycles. The van der Waals surface area contributed by atoms with E-state index in [0.717, 1.165) is 18.4 Å². The van der Waals surface area contributed by atoms with Crippen molar-refractivity contribution in [3.63, 3.8) is 0 Å². The molecule has 4 aliphatic carbocycles. The van der Waals surface area contributed by atoms with Gasteiger partial charge in [0.15, 0.2) is 11.8 Å². The molecule has 0 saturated heterocycles. The van der Waals surface area contributed by atoms with Crippen molar-refractivity contribution in [3.8, 4) is 0 Å². The Kier molecular flexibility index (Phi) is 6.22. The molecule has 0 heterocycles. The first-order valence-corrected chi connectivity index (χ1v) is 12.4. The first kappa shape index (κ1) is 24.0. The van der Waals surface area contributed by atoms with Gasteiger partial charge in [-0.3, -0.25) is 9.59 Å². The van der Waals surface area contributed by atoms with Gasteiger partial charge in [0, 0.05) is 24.2 Å². The Balaban J connectivity index is 1.75. The highest BCUT2D eigenvalue weighted by Gasteiger charge is 2.71. The van der Waals surface area contributed by atoms with Crippen molar-refractivity contribution in [3.05, 3.63) is 11.6 Å². The van der Waals surface area contributed by atoms with Crippen LogP contribution < -0.4 is 0 Å². The predicted molar refractivity (Wildman–Crippen MR) is 118 cm³/mol. The molecule has 0 unspecified atom stereocenters. The van der Waals surface area contributed by atoms with E-state index < -0.39 is 33.9 Å². The number of halogens is 3. The number of esters is 2. The number of hydrogen-bond donors (Lipinski definition) is 0. The van der Waals surface area contributed by atoms with Gasteiger partial charge in [0.1, 0.15) is 5.78 Å². The molecule has 6 atom stereocenters. The standard InChI is InChI=1S/C23H27Cl3O6/c1-21-7-5-13(27)9-12(21)3-4-14-15-6-8-23(20(30)31-11-24,32-19(29)18(25)26)22(15,2)10-16(28)17(14)21/h9,14-15,17-18H,3-8,10-11H2,1-2H3/t14-,15-,17+,21-,22-,23-/m0/s1. The quantitative estimate of drug-likeness (QED) is 0.412. The lowest BCUT2D eigenvalue weighted by molar-refractivity contribution is -0.203. The monoisotopic (exact) mass is 504 g/mol. The minimum absolute atomic E-state index is 0.0174. The summed E-state index contributed by atoms with van der Waals surface area (Å²) in [6, 6.07) is -0.398. The lowest BCUT2D eigenvalue weighted by Crippen LogP contribution is -2.62. The molecule has 0 N–H and O–H groups in total. The fourth-order valence-corrected chi connectivity index (χ4v) is 7.49. The van der Waals surface area contributed by atoms with E-state index in [1.54, 1.807) is 6.08 Å². The molecule has 0 aromatic carbocycles. The van der Waals surface area contributed by atoms with Gasteiger partial charge in [0.25, 0.3) is 0 Å². The van der Waals surface area contributed by atoms with E-state index in [2.05, 4.69) is 6.92 Å². The molecule has 3 fully saturated rings. The van der Waals surface area contributed by atoms with Crippen LogP contribution in [0.3, 0.4) is 0 Å². The largest absolute Gasteiger partial charge is 0.446 e. The van der Waals surface area contributed by atoms with Crippen LogP contribution in [0, 0.1) is 28.6 Å². The normalized spacial score (nSPS) is 40.8. The number of ether oxygens (including phenoxy) is 2. The van der Waals surface area contributed by atoms with Crippen molar-refractivity contribution in [1.29, 1.82) is 0 Å². The first-order valence-electron chi connectivity index (χ1n) is 11.0. The van der Waals surface area contributed by atoms with Gasteiger partial charge in [0.05, 0.1) is 0 Å². The Morgan fingerprint density at radius 3 is 2.53 bits per heavy atom. The highest BCUT2D eigenvalue weighted by molar-refractivity contribution is 6.53. The zero-order chi connectivity index (χ0) is 23.5. The number of ketones is 2. The van der Waals surface area contributed by atoms with E-state index in [1.165, 1.54) is 0 Å². The molecule has 0 aromatic rings. The second-order valence-electron chi connectivity index (χ2n) is 10.0. The zero-order valence-corrected chi connectivity index (χ0v) is 20.4. The van der Waals surface area contributed by atoms with E-state index in [4.69, 9.17) is 44.3 Å². The summed E-state index contributed by atoms with van der Waals surface area (Å²) in [4.78, 5) is 49.8. The highest BCUT2D eigenvalue weighted by atomic mass is 35.5. The minimum atomic E-state index is -1.67. The SMILES string of the molecule is C[C@]12CCC(=O)C=C1CC[C@@H]1[C@@H]2C(=O)C[C@@]2(C)[C@H]1CC[C@]2(OC(=O)C(Cl)Cl)C(=O)OCCl. The summed E-state index contributed by atoms with van der Waals surface area (Å²) in [5, 5.41) is 0. The summed E-state index contributed by atoms with van der Waals surface area (Å²) in [5.41, 5.74) is -1.93. The molecule has 176 valence electrons. The van der Waals surface area contributed by atoms with E-state index in [1.807, 2.05) is 6.92 Å². The van der Waals surface area contributed by atoms with Gasteiger partial charge in [-0.1, -0.05) is 54.2 Å². The maximum atomic E-state index is 13.7. The van der Waals surface area contributed by atoms with Gasteiger partial charge in [-0.2, -0.15) is 0 Å². The van der Waals surface area contributed by atoms with Crippen molar-refractivity contribution in [2.45, 2.75) is 69.2 Å². The Labute approximate surface area is 202 Å². The molecule has 0 spiro atoms. The molecular formula is C23H27Cl3O6. The van der Waals surface area contributed by atoms with Crippen LogP contribution in [0.15, 0.2) is 11.6 Å². The Bertz CT molecular complexity index is 900. The summed E-state index contributed by atoms with van der Waals surface area (Å²) in [5.74, 6) is -1.80. The van der Waals surface area contributed by atoms with Crippen molar-refractivity contribution < 1.29 is 28.7 Å². The third-order valence-corrected chi connectivity index (χ3v) is 9.21. The summed E-state index contributed by atoms with van der Waals surface area (Å²) in [7, 11) is 0. The number of Topliss-reactive ketones (excluding diaryl/α,β-unsaturated/α-hetero) is 1. The molecule has 0 radical (unpaired) electrons. The van der Waals surface area contributed by atoms with Crippen molar-refractivity contribution in [2.24, 2.45) is 28.6 Å². The maximum absolute atomic E-state index is 13.7. The average molecular weight is 506 g/mol. The van der Waals surface area contributed by atoms with Crippen LogP contribution in [-0.4, -0.2) is 40.0 Å². The molecule has 0 aromatic heterocycles. The number of allylic oxidation sites excluding steroid dienone is 1. The summed E-state index contributed by atoms with van der Waals surface area (Å²) in [6.45, 7) is 3.93. The molecule has 0 bridgehead atoms. The van der Waals surface area contributed by atoms with Crippen LogP contribution in [0.25, 0.3) is 0 Å². The van der Waals surface area contributed by atoms with Crippen LogP contribution >= 0.6 is 34.8 Å². The fourth-order valence-electron chi connectivity index (χ4n) is 7.30. The molecule has 0 amide bonds. The number of alkyl halides is 3. The minimum Gasteiger partial charge on any atom is -0.446 e. The predicted octanol–water partition coefficient (Wildman–Crippen LogP) is 4.52. The molecule has 32 heavy (non-hydrogen) atoms. The third kappa shape index (κ3) is 3.35. The second kappa shape index (κ2) is 8.28. The summed E-state index contributed by atoms with van der Waals surface area (Å²) in [6.07, 6.45) is 5.19. The molecule has 4 aliphatic rings. The molecule has 0 aliphatic heterocycles. The summed E-state index contributed by atoms with van der Waals surface area (Å²) < 4.78 is 10.8. The van der Waals surface area contributed by atoms with Crippen LogP contribution in [0.5, 0.6) is 0 Å². The van der Waals surface area contributed by atoms with Gasteiger partial charge in [-0.15, -0.1) is 0 Å². The third-order valence-electron chi connectivity index (χ3n) is 8.74. The Morgan fingerprint density at radius 2 is 1.88 bits per heavy atom. The maximum Gasteiger partial charge on any atom is 0.352 e. The van der Waals surface area contributed by atoms with Crippen LogP contribution in [-0.2, 0) is 28.7 Å². The van der Waals surface area contributed by atoms with E-state index >= 15 is 0 Å². The van der Waals surface area contributed by atoms with E-state index in [9.17, 15) is 19.2 Å². The first-order chi connectivity index (χ1) is 15.0. The van der Waals surface area contributed by atoms with E-state index in [0.29, 0.717) is 19.3 Å².